The van der Waals surface area contributed by atoms with Gasteiger partial charge >= 0.3 is 5.69 Å². The average Bonchev–Trinajstić information content (AvgIpc) is 2.59. The van der Waals surface area contributed by atoms with Crippen LogP contribution in [-0.4, -0.2) is 19.2 Å². The van der Waals surface area contributed by atoms with Crippen LogP contribution in [0.15, 0.2) is 15.9 Å². The molecule has 0 radical (unpaired) electrons. The molecule has 2 heterocycles. The zero-order valence-corrected chi connectivity index (χ0v) is 6.81. The molecular weight excluding hydrogens is 174 g/mol. The Labute approximate surface area is 71.4 Å². The third kappa shape index (κ3) is 0.805. The maximum Gasteiger partial charge on any atom is 0.351 e. The molecule has 2 aromatic heterocycles. The van der Waals surface area contributed by atoms with Crippen LogP contribution in [0.25, 0.3) is 11.2 Å². The van der Waals surface area contributed by atoms with E-state index in [1.807, 2.05) is 0 Å². The van der Waals surface area contributed by atoms with E-state index in [0.717, 1.165) is 9.24 Å². The Hall–Kier alpha value is -2.05. The number of rotatable bonds is 0. The number of nitrogen functional groups attached to an aromatic ring is 1. The van der Waals surface area contributed by atoms with Crippen molar-refractivity contribution in [1.29, 1.82) is 0 Å². The molecule has 2 aromatic rings. The molecule has 0 amide bonds. The number of aromatic nitrogens is 4. The fourth-order valence-electron chi connectivity index (χ4n) is 1.13. The highest BCUT2D eigenvalue weighted by Crippen LogP contribution is 1.95. The van der Waals surface area contributed by atoms with Gasteiger partial charge in [-0.1, -0.05) is 0 Å². The maximum atomic E-state index is 11.4. The molecule has 0 unspecified atom stereocenters. The molecule has 0 aliphatic heterocycles. The van der Waals surface area contributed by atoms with Gasteiger partial charge in [0.1, 0.15) is 0 Å². The summed E-state index contributed by atoms with van der Waals surface area (Å²) < 4.78 is 1.74. The van der Waals surface area contributed by atoms with Crippen molar-refractivity contribution in [3.05, 3.63) is 27.2 Å². The first-order valence-corrected chi connectivity index (χ1v) is 3.53. The third-order valence-corrected chi connectivity index (χ3v) is 1.86. The lowest BCUT2D eigenvalue weighted by Crippen LogP contribution is -2.41. The number of nitrogens with two attached hydrogens (primary N) is 1. The molecule has 7 heteroatoms. The van der Waals surface area contributed by atoms with Crippen LogP contribution in [0.2, 0.25) is 0 Å². The van der Waals surface area contributed by atoms with Crippen LogP contribution in [0.4, 0.5) is 0 Å². The van der Waals surface area contributed by atoms with Crippen LogP contribution >= 0.6 is 0 Å². The van der Waals surface area contributed by atoms with E-state index in [1.165, 1.54) is 13.4 Å². The van der Waals surface area contributed by atoms with E-state index in [1.54, 1.807) is 0 Å². The molecule has 0 atom stereocenters. The standard InChI is InChI=1S/C6H7N5O2/c1-10-5(12)3-4(9-2-8-3)11(7)6(10)13/h2H,7H2,1H3,(H,8,9). The van der Waals surface area contributed by atoms with Crippen molar-refractivity contribution in [3.63, 3.8) is 0 Å². The van der Waals surface area contributed by atoms with Gasteiger partial charge in [-0.05, 0) is 0 Å². The summed E-state index contributed by atoms with van der Waals surface area (Å²) >= 11 is 0. The topological polar surface area (TPSA) is 98.7 Å². The minimum atomic E-state index is -0.593. The summed E-state index contributed by atoms with van der Waals surface area (Å²) in [5, 5.41) is 0. The average molecular weight is 181 g/mol. The quantitative estimate of drug-likeness (QED) is 0.465. The van der Waals surface area contributed by atoms with E-state index in [-0.39, 0.29) is 11.2 Å². The molecule has 0 fully saturated rings. The van der Waals surface area contributed by atoms with Gasteiger partial charge in [-0.3, -0.25) is 9.36 Å². The van der Waals surface area contributed by atoms with Crippen molar-refractivity contribution in [2.75, 3.05) is 5.84 Å². The van der Waals surface area contributed by atoms with Gasteiger partial charge < -0.3 is 10.8 Å². The predicted octanol–water partition coefficient (Wildman–Crippen LogP) is -1.86. The lowest BCUT2D eigenvalue weighted by molar-refractivity contribution is 0.733. The molecule has 13 heavy (non-hydrogen) atoms. The molecule has 0 bridgehead atoms. The van der Waals surface area contributed by atoms with Gasteiger partial charge in [0.15, 0.2) is 11.2 Å². The summed E-state index contributed by atoms with van der Waals surface area (Å²) in [5.74, 6) is 5.39. The third-order valence-electron chi connectivity index (χ3n) is 1.86. The highest BCUT2D eigenvalue weighted by molar-refractivity contribution is 5.68. The zero-order valence-electron chi connectivity index (χ0n) is 6.81. The Morgan fingerprint density at radius 3 is 2.92 bits per heavy atom. The van der Waals surface area contributed by atoms with Crippen molar-refractivity contribution in [2.45, 2.75) is 0 Å². The van der Waals surface area contributed by atoms with E-state index in [4.69, 9.17) is 5.84 Å². The SMILES string of the molecule is Cn1c(=O)c2[nH]cnc2n(N)c1=O. The minimum absolute atomic E-state index is 0.160. The highest BCUT2D eigenvalue weighted by Gasteiger charge is 2.09. The normalized spacial score (nSPS) is 10.8. The number of hydrogen-bond donors (Lipinski definition) is 2. The first kappa shape index (κ1) is 7.59. The molecule has 0 saturated heterocycles. The Bertz CT molecular complexity index is 575. The van der Waals surface area contributed by atoms with Crippen molar-refractivity contribution in [2.24, 2.45) is 7.05 Å². The summed E-state index contributed by atoms with van der Waals surface area (Å²) in [5.41, 5.74) is -0.637. The summed E-state index contributed by atoms with van der Waals surface area (Å²) in [4.78, 5) is 29.0. The summed E-state index contributed by atoms with van der Waals surface area (Å²) in [7, 11) is 1.36. The molecule has 7 nitrogen and oxygen atoms in total. The van der Waals surface area contributed by atoms with Crippen molar-refractivity contribution < 1.29 is 0 Å². The van der Waals surface area contributed by atoms with E-state index in [0.29, 0.717) is 0 Å². The fraction of sp³-hybridized carbons (Fsp3) is 0.167. The molecule has 2 rings (SSSR count). The van der Waals surface area contributed by atoms with Crippen molar-refractivity contribution in [3.8, 4) is 0 Å². The number of imidazole rings is 1. The highest BCUT2D eigenvalue weighted by atomic mass is 16.2. The van der Waals surface area contributed by atoms with Gasteiger partial charge in [0.2, 0.25) is 0 Å². The van der Waals surface area contributed by atoms with Gasteiger partial charge in [0.05, 0.1) is 6.33 Å². The Kier molecular flexibility index (Phi) is 1.30. The minimum Gasteiger partial charge on any atom is -0.339 e. The number of nitrogens with one attached hydrogen (secondary N) is 1. The fourth-order valence-corrected chi connectivity index (χ4v) is 1.13. The van der Waals surface area contributed by atoms with Crippen LogP contribution in [0.5, 0.6) is 0 Å². The van der Waals surface area contributed by atoms with Gasteiger partial charge in [0, 0.05) is 7.05 Å². The van der Waals surface area contributed by atoms with E-state index < -0.39 is 11.2 Å². The van der Waals surface area contributed by atoms with Crippen LogP contribution in [0.3, 0.4) is 0 Å². The zero-order chi connectivity index (χ0) is 9.59. The second-order valence-corrected chi connectivity index (χ2v) is 2.62. The van der Waals surface area contributed by atoms with Crippen molar-refractivity contribution in [1.82, 2.24) is 19.2 Å². The van der Waals surface area contributed by atoms with E-state index in [2.05, 4.69) is 9.97 Å². The second kappa shape index (κ2) is 2.22. The summed E-state index contributed by atoms with van der Waals surface area (Å²) in [6.07, 6.45) is 1.31. The maximum absolute atomic E-state index is 11.4. The first-order chi connectivity index (χ1) is 6.13. The molecule has 0 aliphatic carbocycles. The summed E-state index contributed by atoms with van der Waals surface area (Å²) in [6, 6.07) is 0. The predicted molar refractivity (Wildman–Crippen MR) is 45.7 cm³/mol. The van der Waals surface area contributed by atoms with Gasteiger partial charge in [0.25, 0.3) is 5.56 Å². The van der Waals surface area contributed by atoms with Crippen molar-refractivity contribution >= 4 is 11.2 Å². The monoisotopic (exact) mass is 181 g/mol. The van der Waals surface area contributed by atoms with Gasteiger partial charge in [-0.25, -0.2) is 9.78 Å². The number of aromatic amines is 1. The molecule has 0 aliphatic rings. The molecule has 3 N–H and O–H groups in total. The van der Waals surface area contributed by atoms with Gasteiger partial charge in [-0.2, -0.15) is 4.68 Å². The largest absolute Gasteiger partial charge is 0.351 e. The first-order valence-electron chi connectivity index (χ1n) is 3.53. The Balaban J connectivity index is 3.21. The van der Waals surface area contributed by atoms with Crippen LogP contribution in [0, 0.1) is 0 Å². The molecule has 0 spiro atoms. The lowest BCUT2D eigenvalue weighted by Gasteiger charge is -2.00. The Morgan fingerprint density at radius 1 is 1.54 bits per heavy atom. The van der Waals surface area contributed by atoms with Crippen LogP contribution in [0.1, 0.15) is 0 Å². The van der Waals surface area contributed by atoms with Crippen LogP contribution < -0.4 is 17.1 Å². The molecule has 68 valence electrons. The molecule has 0 aromatic carbocycles. The summed E-state index contributed by atoms with van der Waals surface area (Å²) in [6.45, 7) is 0. The number of H-pyrrole nitrogens is 1. The van der Waals surface area contributed by atoms with E-state index >= 15 is 0 Å². The Morgan fingerprint density at radius 2 is 2.23 bits per heavy atom. The molecule has 0 saturated carbocycles. The second-order valence-electron chi connectivity index (χ2n) is 2.62. The number of hydrogen-bond acceptors (Lipinski definition) is 4. The van der Waals surface area contributed by atoms with Gasteiger partial charge in [-0.15, -0.1) is 0 Å². The molecular formula is C6H7N5O2. The number of fused-ring (bicyclic) bond motifs is 1. The smallest absolute Gasteiger partial charge is 0.339 e. The van der Waals surface area contributed by atoms with Crippen LogP contribution in [-0.2, 0) is 7.05 Å². The van der Waals surface area contributed by atoms with E-state index in [9.17, 15) is 9.59 Å². The lowest BCUT2D eigenvalue weighted by atomic mass is 10.5. The number of nitrogens with zero attached hydrogens (tertiary/aromatic N) is 3.